The Balaban J connectivity index is 1.35. The predicted octanol–water partition coefficient (Wildman–Crippen LogP) is 3.85. The number of nitrogens with one attached hydrogen (secondary N) is 1. The second kappa shape index (κ2) is 8.87. The molecule has 0 bridgehead atoms. The molecule has 0 spiro atoms. The average molecular weight is 364 g/mol. The van der Waals surface area contributed by atoms with Gasteiger partial charge in [-0.1, -0.05) is 61.2 Å². The zero-order chi connectivity index (χ0) is 19.1. The zero-order valence-corrected chi connectivity index (χ0v) is 15.7. The summed E-state index contributed by atoms with van der Waals surface area (Å²) in [5.41, 5.74) is 12.1. The molecule has 2 aromatic carbocycles. The number of rotatable bonds is 10. The number of benzene rings is 2. The number of hydrogen-bond acceptors (Lipinski definition) is 4. The molecule has 3 N–H and O–H groups in total. The molecule has 0 radical (unpaired) electrons. The minimum Gasteiger partial charge on any atom is -0.342 e. The smallest absolute Gasteiger partial charge is 0.342 e. The van der Waals surface area contributed by atoms with Gasteiger partial charge in [-0.25, -0.2) is 10.3 Å². The van der Waals surface area contributed by atoms with Crippen molar-refractivity contribution >= 4 is 5.97 Å². The molecule has 0 atom stereocenters. The van der Waals surface area contributed by atoms with Gasteiger partial charge in [0.2, 0.25) is 0 Å². The molecule has 1 aliphatic carbocycles. The lowest BCUT2D eigenvalue weighted by Gasteiger charge is -2.12. The largest absolute Gasteiger partial charge is 0.351 e. The Morgan fingerprint density at radius 2 is 1.52 bits per heavy atom. The van der Waals surface area contributed by atoms with E-state index in [4.69, 9.17) is 10.6 Å². The fourth-order valence-electron chi connectivity index (χ4n) is 2.97. The monoisotopic (exact) mass is 364 g/mol. The maximum Gasteiger partial charge on any atom is 0.351 e. The molecule has 2 aromatic rings. The lowest BCUT2D eigenvalue weighted by Crippen LogP contribution is -2.37. The van der Waals surface area contributed by atoms with Crippen LogP contribution in [0, 0.1) is 0 Å². The number of allylic oxidation sites excluding steroid dienone is 1. The van der Waals surface area contributed by atoms with Crippen LogP contribution in [-0.2, 0) is 28.9 Å². The number of hydroxylamine groups is 1. The molecule has 1 fully saturated rings. The highest BCUT2D eigenvalue weighted by molar-refractivity contribution is 5.83. The van der Waals surface area contributed by atoms with Crippen molar-refractivity contribution in [2.24, 2.45) is 5.73 Å². The molecule has 0 unspecified atom stereocenters. The quantitative estimate of drug-likeness (QED) is 0.496. The van der Waals surface area contributed by atoms with Gasteiger partial charge < -0.3 is 10.6 Å². The number of carbonyl (C=O) groups is 1. The molecule has 1 saturated carbocycles. The van der Waals surface area contributed by atoms with Gasteiger partial charge in [-0.15, -0.1) is 0 Å². The summed E-state index contributed by atoms with van der Waals surface area (Å²) >= 11 is 0. The van der Waals surface area contributed by atoms with Crippen LogP contribution >= 0.6 is 0 Å². The zero-order valence-electron chi connectivity index (χ0n) is 15.7. The van der Waals surface area contributed by atoms with Crippen LogP contribution in [0.3, 0.4) is 0 Å². The first-order valence-electron chi connectivity index (χ1n) is 9.61. The normalized spacial score (nSPS) is 14.4. The van der Waals surface area contributed by atoms with Gasteiger partial charge in [0.1, 0.15) is 5.54 Å². The number of aryl methyl sites for hydroxylation is 2. The van der Waals surface area contributed by atoms with Crippen LogP contribution in [0.4, 0.5) is 0 Å². The Morgan fingerprint density at radius 1 is 0.963 bits per heavy atom. The Morgan fingerprint density at radius 3 is 2.11 bits per heavy atom. The van der Waals surface area contributed by atoms with Gasteiger partial charge >= 0.3 is 5.97 Å². The first kappa shape index (κ1) is 19.2. The number of carbonyl (C=O) groups excluding carboxylic acids is 1. The van der Waals surface area contributed by atoms with Crippen LogP contribution in [0.2, 0.25) is 0 Å². The molecule has 3 rings (SSSR count). The highest BCUT2D eigenvalue weighted by atomic mass is 16.7. The van der Waals surface area contributed by atoms with E-state index in [2.05, 4.69) is 66.7 Å². The Kier molecular flexibility index (Phi) is 6.30. The van der Waals surface area contributed by atoms with Gasteiger partial charge in [0.05, 0.1) is 0 Å². The molecular formula is C23H28N2O2. The van der Waals surface area contributed by atoms with E-state index in [-0.39, 0.29) is 0 Å². The van der Waals surface area contributed by atoms with Crippen LogP contribution < -0.4 is 11.2 Å². The summed E-state index contributed by atoms with van der Waals surface area (Å²) in [4.78, 5) is 16.7. The van der Waals surface area contributed by atoms with Gasteiger partial charge in [-0.2, -0.15) is 0 Å². The maximum atomic E-state index is 11.7. The van der Waals surface area contributed by atoms with Crippen molar-refractivity contribution < 1.29 is 9.63 Å². The third kappa shape index (κ3) is 5.97. The van der Waals surface area contributed by atoms with E-state index in [1.165, 1.54) is 24.0 Å². The molecule has 4 heteroatoms. The fraction of sp³-hybridized carbons (Fsp3) is 0.348. The van der Waals surface area contributed by atoms with E-state index >= 15 is 0 Å². The second-order valence-corrected chi connectivity index (χ2v) is 7.44. The van der Waals surface area contributed by atoms with Crippen molar-refractivity contribution in [1.82, 2.24) is 5.48 Å². The predicted molar refractivity (Wildman–Crippen MR) is 108 cm³/mol. The van der Waals surface area contributed by atoms with Gasteiger partial charge in [0.25, 0.3) is 0 Å². The molecule has 0 aromatic heterocycles. The topological polar surface area (TPSA) is 64.3 Å². The van der Waals surface area contributed by atoms with Crippen molar-refractivity contribution in [1.29, 1.82) is 0 Å². The molecule has 0 aliphatic heterocycles. The summed E-state index contributed by atoms with van der Waals surface area (Å²) in [7, 11) is 0. The van der Waals surface area contributed by atoms with Crippen LogP contribution in [0.1, 0.15) is 42.4 Å². The van der Waals surface area contributed by atoms with Gasteiger partial charge in [0, 0.05) is 12.1 Å². The fourth-order valence-corrected chi connectivity index (χ4v) is 2.97. The molecule has 4 nitrogen and oxygen atoms in total. The van der Waals surface area contributed by atoms with Crippen molar-refractivity contribution in [2.45, 2.75) is 50.5 Å². The Labute approximate surface area is 161 Å². The number of unbranched alkanes of at least 4 members (excludes halogenated alkanes) is 1. The minimum atomic E-state index is -0.782. The van der Waals surface area contributed by atoms with Crippen molar-refractivity contribution in [3.05, 3.63) is 83.6 Å². The first-order chi connectivity index (χ1) is 13.0. The van der Waals surface area contributed by atoms with Gasteiger partial charge in [-0.05, 0) is 55.2 Å². The maximum absolute atomic E-state index is 11.7. The summed E-state index contributed by atoms with van der Waals surface area (Å²) in [5, 5.41) is 0. The van der Waals surface area contributed by atoms with E-state index in [0.29, 0.717) is 25.0 Å². The highest BCUT2D eigenvalue weighted by Gasteiger charge is 2.48. The Bertz CT molecular complexity index is 765. The summed E-state index contributed by atoms with van der Waals surface area (Å²) in [6, 6.07) is 19.2. The summed E-state index contributed by atoms with van der Waals surface area (Å²) in [6.45, 7) is 3.91. The SMILES string of the molecule is C=C(Cc1ccc(CCCCc2ccccc2)cc1)NOC(=O)C1(N)CC1. The standard InChI is InChI=1S/C23H28N2O2/c1-18(25-27-22(26)23(24)15-16-23)17-21-13-11-20(12-14-21)10-6-5-9-19-7-3-2-4-8-19/h2-4,7-8,11-14,25H,1,5-6,9-10,15-17,24H2. The molecule has 142 valence electrons. The molecule has 27 heavy (non-hydrogen) atoms. The first-order valence-corrected chi connectivity index (χ1v) is 9.61. The molecule has 0 heterocycles. The van der Waals surface area contributed by atoms with Crippen LogP contribution in [0.15, 0.2) is 66.9 Å². The number of nitrogens with two attached hydrogens (primary N) is 1. The summed E-state index contributed by atoms with van der Waals surface area (Å²) in [6.07, 6.45) is 6.58. The summed E-state index contributed by atoms with van der Waals surface area (Å²) < 4.78 is 0. The van der Waals surface area contributed by atoms with Gasteiger partial charge in [-0.3, -0.25) is 0 Å². The highest BCUT2D eigenvalue weighted by Crippen LogP contribution is 2.33. The van der Waals surface area contributed by atoms with Crippen LogP contribution in [0.25, 0.3) is 0 Å². The minimum absolute atomic E-state index is 0.408. The van der Waals surface area contributed by atoms with Crippen LogP contribution in [-0.4, -0.2) is 11.5 Å². The molecule has 0 amide bonds. The Hall–Kier alpha value is -2.59. The van der Waals surface area contributed by atoms with Crippen molar-refractivity contribution in [3.63, 3.8) is 0 Å². The molecular weight excluding hydrogens is 336 g/mol. The van der Waals surface area contributed by atoms with E-state index < -0.39 is 11.5 Å². The third-order valence-corrected chi connectivity index (χ3v) is 4.95. The second-order valence-electron chi connectivity index (χ2n) is 7.44. The van der Waals surface area contributed by atoms with E-state index in [0.717, 1.165) is 18.4 Å². The number of hydrogen-bond donors (Lipinski definition) is 2. The average Bonchev–Trinajstić information content (AvgIpc) is 3.44. The lowest BCUT2D eigenvalue weighted by atomic mass is 10.0. The van der Waals surface area contributed by atoms with Crippen LogP contribution in [0.5, 0.6) is 0 Å². The van der Waals surface area contributed by atoms with E-state index in [1.54, 1.807) is 0 Å². The molecule has 1 aliphatic rings. The third-order valence-electron chi connectivity index (χ3n) is 4.95. The van der Waals surface area contributed by atoms with Gasteiger partial charge in [0.15, 0.2) is 0 Å². The summed E-state index contributed by atoms with van der Waals surface area (Å²) in [5.74, 6) is -0.408. The van der Waals surface area contributed by atoms with Crippen molar-refractivity contribution in [2.75, 3.05) is 0 Å². The van der Waals surface area contributed by atoms with E-state index in [1.807, 2.05) is 0 Å². The van der Waals surface area contributed by atoms with E-state index in [9.17, 15) is 4.79 Å². The van der Waals surface area contributed by atoms with Crippen molar-refractivity contribution in [3.8, 4) is 0 Å². The molecule has 0 saturated heterocycles. The lowest BCUT2D eigenvalue weighted by molar-refractivity contribution is -0.152.